The quantitative estimate of drug-likeness (QED) is 0.525. The number of phenolic OH excluding ortho intramolecular Hbond substituents is 2. The van der Waals surface area contributed by atoms with Crippen LogP contribution in [0, 0.1) is 0 Å². The molecule has 0 aliphatic rings. The van der Waals surface area contributed by atoms with Gasteiger partial charge in [0.25, 0.3) is 5.91 Å². The molecule has 0 heterocycles. The van der Waals surface area contributed by atoms with Crippen LogP contribution in [0.5, 0.6) is 11.5 Å². The number of aromatic hydroxyl groups is 2. The zero-order valence-electron chi connectivity index (χ0n) is 10.8. The van der Waals surface area contributed by atoms with E-state index in [0.717, 1.165) is 19.4 Å². The van der Waals surface area contributed by atoms with E-state index in [2.05, 4.69) is 10.2 Å². The number of amides is 1. The number of benzene rings is 1. The van der Waals surface area contributed by atoms with E-state index in [0.29, 0.717) is 12.1 Å². The summed E-state index contributed by atoms with van der Waals surface area (Å²) in [5.74, 6) is -0.747. The highest BCUT2D eigenvalue weighted by molar-refractivity contribution is 5.94. The van der Waals surface area contributed by atoms with E-state index >= 15 is 0 Å². The van der Waals surface area contributed by atoms with Crippen LogP contribution >= 0.6 is 0 Å². The molecule has 100 valence electrons. The molecule has 5 nitrogen and oxygen atoms in total. The van der Waals surface area contributed by atoms with Crippen molar-refractivity contribution in [2.45, 2.75) is 12.8 Å². The fourth-order valence-corrected chi connectivity index (χ4v) is 1.52. The second kappa shape index (κ2) is 6.86. The third kappa shape index (κ3) is 4.63. The van der Waals surface area contributed by atoms with Gasteiger partial charge in [-0.15, -0.1) is 0 Å². The van der Waals surface area contributed by atoms with Crippen LogP contribution in [-0.2, 0) is 0 Å². The maximum Gasteiger partial charge on any atom is 0.251 e. The summed E-state index contributed by atoms with van der Waals surface area (Å²) < 4.78 is 0. The van der Waals surface area contributed by atoms with Crippen LogP contribution in [0.1, 0.15) is 23.2 Å². The van der Waals surface area contributed by atoms with Crippen molar-refractivity contribution >= 4 is 5.91 Å². The van der Waals surface area contributed by atoms with Crippen LogP contribution in [0.4, 0.5) is 0 Å². The Bertz CT molecular complexity index is 405. The summed E-state index contributed by atoms with van der Waals surface area (Å²) in [5.41, 5.74) is 0.345. The summed E-state index contributed by atoms with van der Waals surface area (Å²) in [6.45, 7) is 1.60. The van der Waals surface area contributed by atoms with Gasteiger partial charge in [-0.25, -0.2) is 0 Å². The first kappa shape index (κ1) is 14.3. The average molecular weight is 252 g/mol. The smallest absolute Gasteiger partial charge is 0.251 e. The topological polar surface area (TPSA) is 72.8 Å². The third-order valence-corrected chi connectivity index (χ3v) is 2.56. The molecule has 1 aromatic rings. The van der Waals surface area contributed by atoms with Crippen molar-refractivity contribution < 1.29 is 15.0 Å². The van der Waals surface area contributed by atoms with E-state index in [1.54, 1.807) is 0 Å². The Kier molecular flexibility index (Phi) is 5.45. The predicted octanol–water partition coefficient (Wildman–Crippen LogP) is 1.17. The van der Waals surface area contributed by atoms with Gasteiger partial charge in [-0.1, -0.05) is 0 Å². The number of unbranched alkanes of at least 4 members (excludes halogenated alkanes) is 1. The van der Waals surface area contributed by atoms with E-state index in [1.165, 1.54) is 18.2 Å². The maximum atomic E-state index is 11.7. The fraction of sp³-hybridized carbons (Fsp3) is 0.462. The highest BCUT2D eigenvalue weighted by Gasteiger charge is 2.07. The normalized spacial score (nSPS) is 10.6. The monoisotopic (exact) mass is 252 g/mol. The number of nitrogens with one attached hydrogen (secondary N) is 1. The number of phenols is 2. The molecular weight excluding hydrogens is 232 g/mol. The van der Waals surface area contributed by atoms with Crippen molar-refractivity contribution in [3.8, 4) is 11.5 Å². The molecule has 1 amide bonds. The van der Waals surface area contributed by atoms with E-state index in [1.807, 2.05) is 14.1 Å². The minimum absolute atomic E-state index is 0.225. The first-order chi connectivity index (χ1) is 8.50. The summed E-state index contributed by atoms with van der Waals surface area (Å²) in [5, 5.41) is 21.2. The molecule has 5 heteroatoms. The van der Waals surface area contributed by atoms with Gasteiger partial charge in [-0.2, -0.15) is 0 Å². The van der Waals surface area contributed by atoms with Gasteiger partial charge >= 0.3 is 0 Å². The predicted molar refractivity (Wildman–Crippen MR) is 69.9 cm³/mol. The van der Waals surface area contributed by atoms with Crippen molar-refractivity contribution in [2.24, 2.45) is 0 Å². The molecule has 0 aromatic heterocycles. The Morgan fingerprint density at radius 2 is 1.94 bits per heavy atom. The lowest BCUT2D eigenvalue weighted by Crippen LogP contribution is -2.25. The van der Waals surface area contributed by atoms with Crippen molar-refractivity contribution in [1.29, 1.82) is 0 Å². The molecule has 1 rings (SSSR count). The summed E-state index contributed by atoms with van der Waals surface area (Å²) in [6, 6.07) is 4.03. The van der Waals surface area contributed by atoms with Gasteiger partial charge in [0.15, 0.2) is 11.5 Å². The number of hydrogen-bond acceptors (Lipinski definition) is 4. The number of carbonyl (C=O) groups excluding carboxylic acids is 1. The Morgan fingerprint density at radius 3 is 2.56 bits per heavy atom. The molecule has 0 unspecified atom stereocenters. The first-order valence-corrected chi connectivity index (χ1v) is 5.95. The molecule has 0 radical (unpaired) electrons. The molecule has 0 spiro atoms. The fourth-order valence-electron chi connectivity index (χ4n) is 1.52. The SMILES string of the molecule is CN(C)CCCCNC(=O)c1ccc(O)c(O)c1. The number of rotatable bonds is 6. The second-order valence-electron chi connectivity index (χ2n) is 4.47. The van der Waals surface area contributed by atoms with Gasteiger partial charge in [0.1, 0.15) is 0 Å². The Hall–Kier alpha value is -1.75. The molecular formula is C13H20N2O3. The lowest BCUT2D eigenvalue weighted by atomic mass is 10.2. The van der Waals surface area contributed by atoms with Crippen molar-refractivity contribution in [3.63, 3.8) is 0 Å². The van der Waals surface area contributed by atoms with E-state index in [-0.39, 0.29) is 17.4 Å². The number of hydrogen-bond donors (Lipinski definition) is 3. The van der Waals surface area contributed by atoms with Gasteiger partial charge < -0.3 is 20.4 Å². The largest absolute Gasteiger partial charge is 0.504 e. The van der Waals surface area contributed by atoms with Gasteiger partial charge in [0.05, 0.1) is 0 Å². The molecule has 0 aliphatic heterocycles. The highest BCUT2D eigenvalue weighted by Crippen LogP contribution is 2.24. The zero-order chi connectivity index (χ0) is 13.5. The molecule has 3 N–H and O–H groups in total. The maximum absolute atomic E-state index is 11.7. The third-order valence-electron chi connectivity index (χ3n) is 2.56. The summed E-state index contributed by atoms with van der Waals surface area (Å²) in [6.07, 6.45) is 1.93. The standard InChI is InChI=1S/C13H20N2O3/c1-15(2)8-4-3-7-14-13(18)10-5-6-11(16)12(17)9-10/h5-6,9,16-17H,3-4,7-8H2,1-2H3,(H,14,18). The lowest BCUT2D eigenvalue weighted by Gasteiger charge is -2.09. The Balaban J connectivity index is 2.34. The highest BCUT2D eigenvalue weighted by atomic mass is 16.3. The van der Waals surface area contributed by atoms with E-state index in [4.69, 9.17) is 5.11 Å². The molecule has 0 atom stereocenters. The van der Waals surface area contributed by atoms with Gasteiger partial charge in [0.2, 0.25) is 0 Å². The van der Waals surface area contributed by atoms with Crippen LogP contribution in [0.2, 0.25) is 0 Å². The van der Waals surface area contributed by atoms with Crippen molar-refractivity contribution in [1.82, 2.24) is 10.2 Å². The molecule has 0 bridgehead atoms. The summed E-state index contributed by atoms with van der Waals surface area (Å²) >= 11 is 0. The average Bonchev–Trinajstić information content (AvgIpc) is 2.31. The van der Waals surface area contributed by atoms with Crippen LogP contribution in [0.3, 0.4) is 0 Å². The van der Waals surface area contributed by atoms with Crippen LogP contribution in [0.25, 0.3) is 0 Å². The van der Waals surface area contributed by atoms with E-state index in [9.17, 15) is 9.90 Å². The minimum atomic E-state index is -0.282. The minimum Gasteiger partial charge on any atom is -0.504 e. The molecule has 0 saturated carbocycles. The van der Waals surface area contributed by atoms with Gasteiger partial charge in [0, 0.05) is 12.1 Å². The zero-order valence-corrected chi connectivity index (χ0v) is 10.8. The van der Waals surface area contributed by atoms with Crippen LogP contribution in [0.15, 0.2) is 18.2 Å². The molecule has 0 fully saturated rings. The number of carbonyl (C=O) groups is 1. The first-order valence-electron chi connectivity index (χ1n) is 5.95. The molecule has 0 aliphatic carbocycles. The summed E-state index contributed by atoms with van der Waals surface area (Å²) in [7, 11) is 4.02. The van der Waals surface area contributed by atoms with Gasteiger partial charge in [-0.05, 0) is 51.7 Å². The van der Waals surface area contributed by atoms with Crippen LogP contribution < -0.4 is 5.32 Å². The molecule has 18 heavy (non-hydrogen) atoms. The van der Waals surface area contributed by atoms with Crippen LogP contribution in [-0.4, -0.2) is 48.2 Å². The lowest BCUT2D eigenvalue weighted by molar-refractivity contribution is 0.0952. The summed E-state index contributed by atoms with van der Waals surface area (Å²) in [4.78, 5) is 13.8. The Morgan fingerprint density at radius 1 is 1.22 bits per heavy atom. The van der Waals surface area contributed by atoms with Gasteiger partial charge in [-0.3, -0.25) is 4.79 Å². The van der Waals surface area contributed by atoms with Crippen molar-refractivity contribution in [3.05, 3.63) is 23.8 Å². The van der Waals surface area contributed by atoms with Crippen molar-refractivity contribution in [2.75, 3.05) is 27.2 Å². The second-order valence-corrected chi connectivity index (χ2v) is 4.47. The molecule has 0 saturated heterocycles. The number of nitrogens with zero attached hydrogens (tertiary/aromatic N) is 1. The van der Waals surface area contributed by atoms with E-state index < -0.39 is 0 Å². The molecule has 1 aromatic carbocycles. The Labute approximate surface area is 107 Å².